The molecular formula is C31H29BrClN5O9. The van der Waals surface area contributed by atoms with Crippen molar-refractivity contribution < 1.29 is 38.3 Å². The molecule has 0 fully saturated rings. The van der Waals surface area contributed by atoms with Crippen LogP contribution in [0.4, 0.5) is 10.5 Å². The third kappa shape index (κ3) is 8.98. The molecule has 0 unspecified atom stereocenters. The van der Waals surface area contributed by atoms with Crippen molar-refractivity contribution in [3.63, 3.8) is 0 Å². The van der Waals surface area contributed by atoms with Crippen molar-refractivity contribution in [1.82, 2.24) is 16.1 Å². The highest BCUT2D eigenvalue weighted by Crippen LogP contribution is 2.37. The van der Waals surface area contributed by atoms with Gasteiger partial charge in [0.1, 0.15) is 6.61 Å². The van der Waals surface area contributed by atoms with Crippen LogP contribution in [0.5, 0.6) is 17.2 Å². The summed E-state index contributed by atoms with van der Waals surface area (Å²) in [4.78, 5) is 48.4. The molecule has 1 aliphatic heterocycles. The van der Waals surface area contributed by atoms with Crippen molar-refractivity contribution >= 4 is 57.3 Å². The first-order valence-electron chi connectivity index (χ1n) is 13.9. The molecule has 4 rings (SSSR count). The Balaban J connectivity index is 1.39. The summed E-state index contributed by atoms with van der Waals surface area (Å²) in [5.74, 6) is -0.729. The van der Waals surface area contributed by atoms with Crippen LogP contribution in [0.1, 0.15) is 36.6 Å². The van der Waals surface area contributed by atoms with Gasteiger partial charge in [0, 0.05) is 22.3 Å². The van der Waals surface area contributed by atoms with Crippen molar-refractivity contribution in [2.45, 2.75) is 26.5 Å². The lowest BCUT2D eigenvalue weighted by Gasteiger charge is -2.28. The van der Waals surface area contributed by atoms with Crippen LogP contribution in [0.3, 0.4) is 0 Å². The van der Waals surface area contributed by atoms with Crippen LogP contribution >= 0.6 is 27.5 Å². The number of hydrogen-bond donors (Lipinski definition) is 3. The highest BCUT2D eigenvalue weighted by Gasteiger charge is 2.32. The Morgan fingerprint density at radius 1 is 1.13 bits per heavy atom. The molecule has 1 aliphatic rings. The van der Waals surface area contributed by atoms with E-state index < -0.39 is 35.5 Å². The molecule has 47 heavy (non-hydrogen) atoms. The van der Waals surface area contributed by atoms with E-state index in [1.807, 2.05) is 0 Å². The zero-order valence-electron chi connectivity index (χ0n) is 25.3. The Bertz CT molecular complexity index is 1750. The van der Waals surface area contributed by atoms with Gasteiger partial charge in [-0.15, -0.1) is 0 Å². The molecule has 0 aliphatic carbocycles. The van der Waals surface area contributed by atoms with Crippen LogP contribution < -0.4 is 30.3 Å². The number of ether oxygens (including phenoxy) is 4. The van der Waals surface area contributed by atoms with Crippen molar-refractivity contribution in [3.8, 4) is 17.2 Å². The first kappa shape index (κ1) is 34.7. The number of nitro groups is 1. The molecule has 0 spiro atoms. The molecule has 3 N–H and O–H groups in total. The molecule has 1 heterocycles. The van der Waals surface area contributed by atoms with Crippen molar-refractivity contribution in [1.29, 1.82) is 0 Å². The molecule has 3 aromatic rings. The summed E-state index contributed by atoms with van der Waals surface area (Å²) in [5, 5.41) is 21.5. The number of hydrazone groups is 1. The van der Waals surface area contributed by atoms with Crippen LogP contribution in [-0.2, 0) is 20.9 Å². The standard InChI is InChI=1S/C31H29BrClN5O9/c1-4-45-30(40)27-17(2)35-31(41)36-28(27)20-7-10-24(25(13-20)44-3)46-16-26(39)37-34-14-19-11-22(32)29(23(12-19)38(42)43)47-15-18-5-8-21(33)9-6-18/h5-14,28H,4,15-16H2,1-3H3,(H,37,39)(H2,35,36,41)/b34-14+/t28-/m0/s1. The fraction of sp³-hybridized carbons (Fsp3) is 0.226. The van der Waals surface area contributed by atoms with Gasteiger partial charge in [0.2, 0.25) is 5.75 Å². The average Bonchev–Trinajstić information content (AvgIpc) is 3.03. The van der Waals surface area contributed by atoms with Crippen LogP contribution in [-0.4, -0.2) is 49.4 Å². The molecule has 0 saturated heterocycles. The second kappa shape index (κ2) is 15.9. The Morgan fingerprint density at radius 3 is 2.55 bits per heavy atom. The van der Waals surface area contributed by atoms with E-state index >= 15 is 0 Å². The van der Waals surface area contributed by atoms with Gasteiger partial charge in [-0.25, -0.2) is 15.0 Å². The Labute approximate surface area is 282 Å². The number of rotatable bonds is 13. The van der Waals surface area contributed by atoms with E-state index in [0.29, 0.717) is 26.3 Å². The molecule has 0 bridgehead atoms. The van der Waals surface area contributed by atoms with Crippen LogP contribution in [0.15, 0.2) is 75.4 Å². The van der Waals surface area contributed by atoms with Gasteiger partial charge in [0.05, 0.1) is 40.9 Å². The number of halogens is 2. The lowest BCUT2D eigenvalue weighted by atomic mass is 9.95. The van der Waals surface area contributed by atoms with Crippen LogP contribution in [0.25, 0.3) is 0 Å². The molecule has 0 radical (unpaired) electrons. The van der Waals surface area contributed by atoms with E-state index in [0.717, 1.165) is 5.56 Å². The minimum absolute atomic E-state index is 0.0327. The molecule has 0 aromatic heterocycles. The van der Waals surface area contributed by atoms with Gasteiger partial charge in [-0.1, -0.05) is 29.8 Å². The summed E-state index contributed by atoms with van der Waals surface area (Å²) in [5.41, 5.74) is 4.19. The third-order valence-corrected chi connectivity index (χ3v) is 7.43. The fourth-order valence-electron chi connectivity index (χ4n) is 4.45. The first-order chi connectivity index (χ1) is 22.5. The Hall–Kier alpha value is -5.15. The minimum Gasteiger partial charge on any atom is -0.493 e. The number of carbonyl (C=O) groups is 3. The number of amides is 3. The maximum Gasteiger partial charge on any atom is 0.338 e. The van der Waals surface area contributed by atoms with Crippen molar-refractivity contribution in [2.24, 2.45) is 5.10 Å². The normalized spacial score (nSPS) is 14.2. The monoisotopic (exact) mass is 729 g/mol. The number of allylic oxidation sites excluding steroid dienone is 1. The maximum absolute atomic E-state index is 12.6. The first-order valence-corrected chi connectivity index (χ1v) is 15.1. The zero-order valence-corrected chi connectivity index (χ0v) is 27.6. The minimum atomic E-state index is -0.816. The SMILES string of the molecule is CCOC(=O)C1=C(C)NC(=O)N[C@H]1c1ccc(OCC(=O)N/N=C/c2cc(Br)c(OCc3ccc(Cl)cc3)c([N+](=O)[O-])c2)c(OC)c1. The predicted molar refractivity (Wildman–Crippen MR) is 175 cm³/mol. The van der Waals surface area contributed by atoms with Crippen molar-refractivity contribution in [3.05, 3.63) is 102 Å². The van der Waals surface area contributed by atoms with E-state index in [9.17, 15) is 24.5 Å². The van der Waals surface area contributed by atoms with Crippen molar-refractivity contribution in [2.75, 3.05) is 20.3 Å². The number of nitro benzene ring substituents is 1. The number of carbonyl (C=O) groups excluding carboxylic acids is 3. The second-order valence-electron chi connectivity index (χ2n) is 9.81. The molecule has 1 atom stereocenters. The summed E-state index contributed by atoms with van der Waals surface area (Å²) in [7, 11) is 1.40. The zero-order chi connectivity index (χ0) is 34.1. The lowest BCUT2D eigenvalue weighted by Crippen LogP contribution is -2.45. The highest BCUT2D eigenvalue weighted by molar-refractivity contribution is 9.10. The van der Waals surface area contributed by atoms with Gasteiger partial charge in [-0.3, -0.25) is 14.9 Å². The van der Waals surface area contributed by atoms with E-state index in [1.165, 1.54) is 25.5 Å². The lowest BCUT2D eigenvalue weighted by molar-refractivity contribution is -0.386. The predicted octanol–water partition coefficient (Wildman–Crippen LogP) is 5.32. The van der Waals surface area contributed by atoms with E-state index in [-0.39, 0.29) is 41.7 Å². The largest absolute Gasteiger partial charge is 0.493 e. The number of nitrogens with zero attached hydrogens (tertiary/aromatic N) is 2. The van der Waals surface area contributed by atoms with Gasteiger partial charge >= 0.3 is 17.7 Å². The van der Waals surface area contributed by atoms with E-state index in [1.54, 1.807) is 56.3 Å². The fourth-order valence-corrected chi connectivity index (χ4v) is 5.16. The van der Waals surface area contributed by atoms with Gasteiger partial charge in [-0.2, -0.15) is 5.10 Å². The summed E-state index contributed by atoms with van der Waals surface area (Å²) < 4.78 is 22.2. The van der Waals surface area contributed by atoms with Gasteiger partial charge in [-0.05, 0) is 71.2 Å². The summed E-state index contributed by atoms with van der Waals surface area (Å²) >= 11 is 9.21. The molecule has 14 nitrogen and oxygen atoms in total. The van der Waals surface area contributed by atoms with Crippen LogP contribution in [0.2, 0.25) is 5.02 Å². The second-order valence-corrected chi connectivity index (χ2v) is 11.1. The van der Waals surface area contributed by atoms with E-state index in [4.69, 9.17) is 30.5 Å². The molecule has 16 heteroatoms. The number of urea groups is 1. The molecule has 246 valence electrons. The Morgan fingerprint density at radius 2 is 1.87 bits per heavy atom. The average molecular weight is 731 g/mol. The number of methoxy groups -OCH3 is 1. The smallest absolute Gasteiger partial charge is 0.338 e. The summed E-state index contributed by atoms with van der Waals surface area (Å²) in [6, 6.07) is 13.1. The number of hydrogen-bond acceptors (Lipinski definition) is 10. The van der Waals surface area contributed by atoms with Crippen LogP contribution in [0, 0.1) is 10.1 Å². The number of nitrogens with one attached hydrogen (secondary N) is 3. The molecular weight excluding hydrogens is 702 g/mol. The molecule has 3 amide bonds. The molecule has 0 saturated carbocycles. The third-order valence-electron chi connectivity index (χ3n) is 6.59. The highest BCUT2D eigenvalue weighted by atomic mass is 79.9. The summed E-state index contributed by atoms with van der Waals surface area (Å²) in [6.45, 7) is 3.06. The number of benzene rings is 3. The van der Waals surface area contributed by atoms with Gasteiger partial charge in [0.15, 0.2) is 18.1 Å². The quantitative estimate of drug-likeness (QED) is 0.0909. The Kier molecular flexibility index (Phi) is 11.8. The van der Waals surface area contributed by atoms with E-state index in [2.05, 4.69) is 37.1 Å². The maximum atomic E-state index is 12.6. The topological polar surface area (TPSA) is 180 Å². The van der Waals surface area contributed by atoms with Gasteiger partial charge < -0.3 is 29.6 Å². The summed E-state index contributed by atoms with van der Waals surface area (Å²) in [6.07, 6.45) is 1.23. The van der Waals surface area contributed by atoms with Gasteiger partial charge in [0.25, 0.3) is 5.91 Å². The number of esters is 1. The molecule has 3 aromatic carbocycles.